The Kier molecular flexibility index (Phi) is 4.14. The highest BCUT2D eigenvalue weighted by atomic mass is 32.2. The van der Waals surface area contributed by atoms with E-state index in [0.717, 1.165) is 0 Å². The molecule has 2 nitrogen and oxygen atoms in total. The van der Waals surface area contributed by atoms with E-state index in [1.165, 1.54) is 4.90 Å². The topological polar surface area (TPSA) is 20.3 Å². The van der Waals surface area contributed by atoms with E-state index in [1.54, 1.807) is 14.1 Å². The lowest BCUT2D eigenvalue weighted by Gasteiger charge is -2.10. The number of amides is 1. The Morgan fingerprint density at radius 1 is 1.56 bits per heavy atom. The zero-order valence-electron chi connectivity index (χ0n) is 5.53. The fourth-order valence-electron chi connectivity index (χ4n) is 0.339. The first kappa shape index (κ1) is 9.17. The molecule has 0 unspecified atom stereocenters. The van der Waals surface area contributed by atoms with Crippen molar-refractivity contribution < 1.29 is 4.79 Å². The van der Waals surface area contributed by atoms with Crippen LogP contribution in [0.15, 0.2) is 0 Å². The molecule has 4 heteroatoms. The van der Waals surface area contributed by atoms with Gasteiger partial charge in [-0.1, -0.05) is 0 Å². The van der Waals surface area contributed by atoms with E-state index in [2.05, 4.69) is 25.3 Å². The molecular weight excluding hydrogens is 154 g/mol. The first-order valence-electron chi connectivity index (χ1n) is 2.60. The van der Waals surface area contributed by atoms with Crippen LogP contribution in [-0.4, -0.2) is 29.5 Å². The van der Waals surface area contributed by atoms with Gasteiger partial charge in [0.2, 0.25) is 5.91 Å². The summed E-state index contributed by atoms with van der Waals surface area (Å²) >= 11 is 7.90. The first-order valence-corrected chi connectivity index (χ1v) is 3.63. The molecule has 9 heavy (non-hydrogen) atoms. The highest BCUT2D eigenvalue weighted by molar-refractivity contribution is 7.99. The molecule has 1 amide bonds. The lowest BCUT2D eigenvalue weighted by atomic mass is 10.4. The largest absolute Gasteiger partial charge is 0.349 e. The van der Waals surface area contributed by atoms with Crippen LogP contribution in [0.4, 0.5) is 0 Å². The molecule has 0 saturated heterocycles. The Morgan fingerprint density at radius 3 is 2.11 bits per heavy atom. The molecule has 0 spiro atoms. The molecule has 0 fully saturated rings. The standard InChI is InChI=1S/C5H11NOS2/c1-6(2)4(7)3-5(8)9/h5,8-9H,3H2,1-2H3. The van der Waals surface area contributed by atoms with Gasteiger partial charge in [0.05, 0.1) is 4.58 Å². The smallest absolute Gasteiger partial charge is 0.223 e. The van der Waals surface area contributed by atoms with E-state index < -0.39 is 0 Å². The van der Waals surface area contributed by atoms with Crippen LogP contribution < -0.4 is 0 Å². The molecule has 0 aliphatic carbocycles. The Labute approximate surface area is 66.4 Å². The van der Waals surface area contributed by atoms with Crippen LogP contribution in [0.2, 0.25) is 0 Å². The Hall–Kier alpha value is 0.170. The predicted molar refractivity (Wildman–Crippen MR) is 45.1 cm³/mol. The highest BCUT2D eigenvalue weighted by Crippen LogP contribution is 2.05. The molecular formula is C5H11NOS2. The van der Waals surface area contributed by atoms with Crippen molar-refractivity contribution >= 4 is 31.2 Å². The summed E-state index contributed by atoms with van der Waals surface area (Å²) in [6, 6.07) is 0. The average Bonchev–Trinajstić information content (AvgIpc) is 1.63. The van der Waals surface area contributed by atoms with Crippen molar-refractivity contribution in [1.82, 2.24) is 4.90 Å². The summed E-state index contributed by atoms with van der Waals surface area (Å²) in [7, 11) is 3.43. The minimum atomic E-state index is -0.139. The van der Waals surface area contributed by atoms with Crippen molar-refractivity contribution in [2.75, 3.05) is 14.1 Å². The second kappa shape index (κ2) is 4.06. The van der Waals surface area contributed by atoms with Crippen LogP contribution in [-0.2, 0) is 4.79 Å². The Balaban J connectivity index is 3.51. The molecule has 0 aromatic heterocycles. The van der Waals surface area contributed by atoms with Gasteiger partial charge in [0.15, 0.2) is 0 Å². The minimum Gasteiger partial charge on any atom is -0.349 e. The first-order chi connectivity index (χ1) is 4.04. The summed E-state index contributed by atoms with van der Waals surface area (Å²) in [6.07, 6.45) is 0.388. The summed E-state index contributed by atoms with van der Waals surface area (Å²) in [5.41, 5.74) is 0. The molecule has 0 aliphatic heterocycles. The average molecular weight is 165 g/mol. The van der Waals surface area contributed by atoms with E-state index in [4.69, 9.17) is 0 Å². The van der Waals surface area contributed by atoms with Gasteiger partial charge in [-0.15, -0.1) is 0 Å². The quantitative estimate of drug-likeness (QED) is 0.455. The Bertz CT molecular complexity index is 103. The van der Waals surface area contributed by atoms with Crippen LogP contribution in [0.1, 0.15) is 6.42 Å². The maximum absolute atomic E-state index is 10.8. The number of hydrogen-bond acceptors (Lipinski definition) is 3. The van der Waals surface area contributed by atoms with Crippen LogP contribution in [0.5, 0.6) is 0 Å². The number of nitrogens with zero attached hydrogens (tertiary/aromatic N) is 1. The SMILES string of the molecule is CN(C)C(=O)CC(S)S. The van der Waals surface area contributed by atoms with Crippen molar-refractivity contribution in [2.45, 2.75) is 11.0 Å². The summed E-state index contributed by atoms with van der Waals surface area (Å²) < 4.78 is -0.139. The Morgan fingerprint density at radius 2 is 2.00 bits per heavy atom. The predicted octanol–water partition coefficient (Wildman–Crippen LogP) is 0.650. The van der Waals surface area contributed by atoms with Crippen LogP contribution in [0.3, 0.4) is 0 Å². The van der Waals surface area contributed by atoms with Gasteiger partial charge in [0.25, 0.3) is 0 Å². The normalized spacial score (nSPS) is 9.89. The van der Waals surface area contributed by atoms with E-state index in [0.29, 0.717) is 6.42 Å². The van der Waals surface area contributed by atoms with Gasteiger partial charge in [0, 0.05) is 20.5 Å². The third-order valence-corrected chi connectivity index (χ3v) is 1.22. The van der Waals surface area contributed by atoms with Gasteiger partial charge < -0.3 is 4.90 Å². The number of carbonyl (C=O) groups is 1. The van der Waals surface area contributed by atoms with Gasteiger partial charge in [-0.25, -0.2) is 0 Å². The van der Waals surface area contributed by atoms with E-state index in [-0.39, 0.29) is 10.5 Å². The second-order valence-corrected chi connectivity index (χ2v) is 3.63. The van der Waals surface area contributed by atoms with Gasteiger partial charge in [0.1, 0.15) is 0 Å². The van der Waals surface area contributed by atoms with Gasteiger partial charge in [-0.05, 0) is 0 Å². The lowest BCUT2D eigenvalue weighted by molar-refractivity contribution is -0.128. The zero-order valence-corrected chi connectivity index (χ0v) is 7.32. The maximum Gasteiger partial charge on any atom is 0.223 e. The van der Waals surface area contributed by atoms with Crippen molar-refractivity contribution in [1.29, 1.82) is 0 Å². The van der Waals surface area contributed by atoms with Gasteiger partial charge in [-0.3, -0.25) is 4.79 Å². The highest BCUT2D eigenvalue weighted by Gasteiger charge is 2.06. The number of rotatable bonds is 2. The van der Waals surface area contributed by atoms with Crippen LogP contribution in [0.25, 0.3) is 0 Å². The van der Waals surface area contributed by atoms with Crippen molar-refractivity contribution in [2.24, 2.45) is 0 Å². The van der Waals surface area contributed by atoms with Crippen molar-refractivity contribution in [3.8, 4) is 0 Å². The third-order valence-electron chi connectivity index (χ3n) is 0.856. The molecule has 0 aliphatic rings. The maximum atomic E-state index is 10.8. The molecule has 0 aromatic carbocycles. The molecule has 0 saturated carbocycles. The molecule has 0 N–H and O–H groups in total. The minimum absolute atomic E-state index is 0.0602. The molecule has 0 atom stereocenters. The summed E-state index contributed by atoms with van der Waals surface area (Å²) in [5, 5.41) is 0. The summed E-state index contributed by atoms with van der Waals surface area (Å²) in [5.74, 6) is 0.0602. The van der Waals surface area contributed by atoms with E-state index in [9.17, 15) is 4.79 Å². The van der Waals surface area contributed by atoms with Gasteiger partial charge in [-0.2, -0.15) is 25.3 Å². The number of thiol groups is 2. The van der Waals surface area contributed by atoms with E-state index >= 15 is 0 Å². The molecule has 0 rings (SSSR count). The molecule has 0 heterocycles. The molecule has 0 aromatic rings. The fourth-order valence-corrected chi connectivity index (χ4v) is 0.651. The van der Waals surface area contributed by atoms with Crippen molar-refractivity contribution in [3.63, 3.8) is 0 Å². The van der Waals surface area contributed by atoms with Gasteiger partial charge >= 0.3 is 0 Å². The summed E-state index contributed by atoms with van der Waals surface area (Å²) in [6.45, 7) is 0. The molecule has 0 bridgehead atoms. The number of hydrogen-bond donors (Lipinski definition) is 2. The summed E-state index contributed by atoms with van der Waals surface area (Å²) in [4.78, 5) is 12.3. The molecule has 54 valence electrons. The van der Waals surface area contributed by atoms with E-state index in [1.807, 2.05) is 0 Å². The zero-order chi connectivity index (χ0) is 7.44. The fraction of sp³-hybridized carbons (Fsp3) is 0.800. The lowest BCUT2D eigenvalue weighted by Crippen LogP contribution is -2.23. The monoisotopic (exact) mass is 165 g/mol. The van der Waals surface area contributed by atoms with Crippen LogP contribution >= 0.6 is 25.3 Å². The molecule has 0 radical (unpaired) electrons. The number of carbonyl (C=O) groups excluding carboxylic acids is 1. The third kappa shape index (κ3) is 4.66. The second-order valence-electron chi connectivity index (χ2n) is 1.97. The van der Waals surface area contributed by atoms with Crippen LogP contribution in [0, 0.1) is 0 Å². The van der Waals surface area contributed by atoms with Crippen molar-refractivity contribution in [3.05, 3.63) is 0 Å².